The number of aromatic amines is 2. The van der Waals surface area contributed by atoms with E-state index in [1.807, 2.05) is 4.98 Å². The number of rotatable bonds is 2. The zero-order chi connectivity index (χ0) is 10.0. The second kappa shape index (κ2) is 3.93. The van der Waals surface area contributed by atoms with E-state index in [9.17, 15) is 13.8 Å². The molecule has 0 fully saturated rings. The fraction of sp³-hybridized carbons (Fsp3) is 0.333. The summed E-state index contributed by atoms with van der Waals surface area (Å²) in [7, 11) is -1.42. The molecule has 0 bridgehead atoms. The Kier molecular flexibility index (Phi) is 3.10. The molecule has 0 saturated carbocycles. The Labute approximate surface area is 81.5 Å². The minimum atomic E-state index is -1.42. The van der Waals surface area contributed by atoms with Gasteiger partial charge in [-0.25, -0.2) is 4.79 Å². The zero-order valence-electron chi connectivity index (χ0n) is 6.79. The van der Waals surface area contributed by atoms with E-state index in [0.29, 0.717) is 5.69 Å². The summed E-state index contributed by atoms with van der Waals surface area (Å²) in [5, 5.41) is 0. The van der Waals surface area contributed by atoms with Crippen molar-refractivity contribution >= 4 is 23.4 Å². The molecule has 1 heterocycles. The van der Waals surface area contributed by atoms with E-state index in [1.54, 1.807) is 0 Å². The SMILES string of the molecule is CS(=O)c1c(CS)[nH]c(=O)[nH]c1=O. The molecule has 1 rings (SSSR count). The predicted octanol–water partition coefficient (Wildman–Crippen LogP) is -0.770. The van der Waals surface area contributed by atoms with Crippen molar-refractivity contribution in [2.24, 2.45) is 0 Å². The Morgan fingerprint density at radius 2 is 2.00 bits per heavy atom. The van der Waals surface area contributed by atoms with Crippen molar-refractivity contribution in [2.45, 2.75) is 10.6 Å². The number of thiol groups is 1. The highest BCUT2D eigenvalue weighted by Gasteiger charge is 2.10. The van der Waals surface area contributed by atoms with Crippen LogP contribution in [-0.2, 0) is 16.6 Å². The standard InChI is InChI=1S/C6H8N2O3S2/c1-13(11)4-3(2-12)7-6(10)8-5(4)9/h12H,2H2,1H3,(H2,7,8,9,10). The lowest BCUT2D eigenvalue weighted by Gasteiger charge is -2.00. The number of hydrogen-bond acceptors (Lipinski definition) is 4. The molecular formula is C6H8N2O3S2. The van der Waals surface area contributed by atoms with E-state index in [2.05, 4.69) is 17.6 Å². The Balaban J connectivity index is 3.57. The van der Waals surface area contributed by atoms with E-state index in [4.69, 9.17) is 0 Å². The van der Waals surface area contributed by atoms with Gasteiger partial charge in [-0.3, -0.25) is 14.0 Å². The van der Waals surface area contributed by atoms with Gasteiger partial charge in [-0.1, -0.05) is 0 Å². The van der Waals surface area contributed by atoms with Crippen molar-refractivity contribution in [3.63, 3.8) is 0 Å². The Morgan fingerprint density at radius 3 is 2.46 bits per heavy atom. The summed E-state index contributed by atoms with van der Waals surface area (Å²) in [5.74, 6) is 0.175. The van der Waals surface area contributed by atoms with Gasteiger partial charge in [-0.15, -0.1) is 0 Å². The third kappa shape index (κ3) is 2.10. The van der Waals surface area contributed by atoms with Crippen LogP contribution >= 0.6 is 12.6 Å². The van der Waals surface area contributed by atoms with Gasteiger partial charge < -0.3 is 4.98 Å². The van der Waals surface area contributed by atoms with Crippen LogP contribution in [-0.4, -0.2) is 20.4 Å². The van der Waals surface area contributed by atoms with Crippen LogP contribution in [0.4, 0.5) is 0 Å². The fourth-order valence-corrected chi connectivity index (χ4v) is 2.06. The highest BCUT2D eigenvalue weighted by Crippen LogP contribution is 2.04. The van der Waals surface area contributed by atoms with Crippen LogP contribution < -0.4 is 11.2 Å². The minimum absolute atomic E-state index is 0.0783. The monoisotopic (exact) mass is 220 g/mol. The topological polar surface area (TPSA) is 82.8 Å². The third-order valence-electron chi connectivity index (χ3n) is 1.42. The van der Waals surface area contributed by atoms with Gasteiger partial charge in [0.2, 0.25) is 0 Å². The third-order valence-corrected chi connectivity index (χ3v) is 2.74. The highest BCUT2D eigenvalue weighted by atomic mass is 32.2. The van der Waals surface area contributed by atoms with Crippen molar-refractivity contribution in [1.29, 1.82) is 0 Å². The molecule has 0 spiro atoms. The zero-order valence-corrected chi connectivity index (χ0v) is 8.50. The maximum Gasteiger partial charge on any atom is 0.325 e. The molecule has 7 heteroatoms. The molecule has 1 unspecified atom stereocenters. The molecular weight excluding hydrogens is 212 g/mol. The number of H-pyrrole nitrogens is 2. The van der Waals surface area contributed by atoms with Crippen molar-refractivity contribution < 1.29 is 4.21 Å². The van der Waals surface area contributed by atoms with Crippen molar-refractivity contribution in [2.75, 3.05) is 6.26 Å². The second-order valence-corrected chi connectivity index (χ2v) is 3.96. The molecule has 0 aromatic carbocycles. The molecule has 0 aliphatic heterocycles. The van der Waals surface area contributed by atoms with E-state index in [1.165, 1.54) is 6.26 Å². The average molecular weight is 220 g/mol. The van der Waals surface area contributed by atoms with Gasteiger partial charge in [0.05, 0.1) is 16.5 Å². The van der Waals surface area contributed by atoms with Crippen molar-refractivity contribution in [1.82, 2.24) is 9.97 Å². The van der Waals surface area contributed by atoms with Crippen LogP contribution in [0.3, 0.4) is 0 Å². The summed E-state index contributed by atoms with van der Waals surface area (Å²) in [4.78, 5) is 26.4. The molecule has 2 N–H and O–H groups in total. The van der Waals surface area contributed by atoms with Crippen LogP contribution in [0.5, 0.6) is 0 Å². The Morgan fingerprint density at radius 1 is 1.38 bits per heavy atom. The lowest BCUT2D eigenvalue weighted by Crippen LogP contribution is -2.27. The number of nitrogens with one attached hydrogen (secondary N) is 2. The lowest BCUT2D eigenvalue weighted by molar-refractivity contribution is 0.683. The molecule has 0 aliphatic carbocycles. The average Bonchev–Trinajstić information content (AvgIpc) is 2.01. The molecule has 1 aromatic heterocycles. The van der Waals surface area contributed by atoms with Crippen LogP contribution in [0.15, 0.2) is 14.5 Å². The summed E-state index contributed by atoms with van der Waals surface area (Å²) in [6, 6.07) is 0. The van der Waals surface area contributed by atoms with Crippen LogP contribution in [0.2, 0.25) is 0 Å². The summed E-state index contributed by atoms with van der Waals surface area (Å²) < 4.78 is 11.1. The van der Waals surface area contributed by atoms with Crippen LogP contribution in [0.1, 0.15) is 5.69 Å². The van der Waals surface area contributed by atoms with E-state index in [0.717, 1.165) is 0 Å². The van der Waals surface area contributed by atoms with E-state index < -0.39 is 22.0 Å². The van der Waals surface area contributed by atoms with Crippen molar-refractivity contribution in [3.05, 3.63) is 26.5 Å². The van der Waals surface area contributed by atoms with Crippen LogP contribution in [0.25, 0.3) is 0 Å². The van der Waals surface area contributed by atoms with Crippen molar-refractivity contribution in [3.8, 4) is 0 Å². The smallest absolute Gasteiger partial charge is 0.309 e. The number of hydrogen-bond donors (Lipinski definition) is 3. The second-order valence-electron chi connectivity index (χ2n) is 2.33. The summed E-state index contributed by atoms with van der Waals surface area (Å²) >= 11 is 3.91. The molecule has 0 amide bonds. The van der Waals surface area contributed by atoms with Gasteiger partial charge in [0, 0.05) is 12.0 Å². The van der Waals surface area contributed by atoms with Gasteiger partial charge in [0.25, 0.3) is 5.56 Å². The molecule has 72 valence electrons. The van der Waals surface area contributed by atoms with E-state index >= 15 is 0 Å². The first-order valence-electron chi connectivity index (χ1n) is 3.36. The lowest BCUT2D eigenvalue weighted by atomic mass is 10.4. The van der Waals surface area contributed by atoms with Gasteiger partial charge in [0.15, 0.2) is 0 Å². The Bertz CT molecular complexity index is 448. The first-order chi connectivity index (χ1) is 6.06. The summed E-state index contributed by atoms with van der Waals surface area (Å²) in [6.07, 6.45) is 1.37. The number of aromatic nitrogens is 2. The van der Waals surface area contributed by atoms with E-state index in [-0.39, 0.29) is 10.6 Å². The molecule has 1 aromatic rings. The Hall–Kier alpha value is -0.820. The van der Waals surface area contributed by atoms with Gasteiger partial charge in [-0.05, 0) is 0 Å². The van der Waals surface area contributed by atoms with Crippen LogP contribution in [0, 0.1) is 0 Å². The molecule has 0 saturated heterocycles. The highest BCUT2D eigenvalue weighted by molar-refractivity contribution is 7.84. The molecule has 0 radical (unpaired) electrons. The maximum absolute atomic E-state index is 11.2. The molecule has 0 aliphatic rings. The fourth-order valence-electron chi connectivity index (χ4n) is 0.937. The first kappa shape index (κ1) is 10.3. The summed E-state index contributed by atoms with van der Waals surface area (Å²) in [5.41, 5.74) is -0.921. The first-order valence-corrected chi connectivity index (χ1v) is 5.55. The molecule has 1 atom stereocenters. The molecule has 5 nitrogen and oxygen atoms in total. The normalized spacial score (nSPS) is 12.8. The quantitative estimate of drug-likeness (QED) is 0.572. The van der Waals surface area contributed by atoms with Gasteiger partial charge >= 0.3 is 5.69 Å². The largest absolute Gasteiger partial charge is 0.325 e. The van der Waals surface area contributed by atoms with Gasteiger partial charge in [0.1, 0.15) is 4.90 Å². The minimum Gasteiger partial charge on any atom is -0.309 e. The maximum atomic E-state index is 11.2. The molecule has 13 heavy (non-hydrogen) atoms. The summed E-state index contributed by atoms with van der Waals surface area (Å²) in [6.45, 7) is 0. The van der Waals surface area contributed by atoms with Gasteiger partial charge in [-0.2, -0.15) is 12.6 Å². The predicted molar refractivity (Wildman–Crippen MR) is 52.7 cm³/mol.